The van der Waals surface area contributed by atoms with Crippen molar-refractivity contribution in [3.05, 3.63) is 47.4 Å². The summed E-state index contributed by atoms with van der Waals surface area (Å²) in [4.78, 5) is 23.5. The monoisotopic (exact) mass is 380 g/mol. The van der Waals surface area contributed by atoms with Gasteiger partial charge in [-0.3, -0.25) is 4.79 Å². The van der Waals surface area contributed by atoms with Crippen LogP contribution in [0.1, 0.15) is 43.5 Å². The molecule has 3 rings (SSSR count). The van der Waals surface area contributed by atoms with E-state index in [0.29, 0.717) is 5.65 Å². The molecule has 148 valence electrons. The van der Waals surface area contributed by atoms with Gasteiger partial charge in [-0.05, 0) is 45.7 Å². The molecule has 1 N–H and O–H groups in total. The van der Waals surface area contributed by atoms with E-state index in [1.54, 1.807) is 10.9 Å². The third-order valence-electron chi connectivity index (χ3n) is 5.04. The number of rotatable bonds is 7. The minimum absolute atomic E-state index is 0.0733. The smallest absolute Gasteiger partial charge is 0.242 e. The highest BCUT2D eigenvalue weighted by molar-refractivity contribution is 5.87. The molecular weight excluding hydrogens is 352 g/mol. The molecule has 0 fully saturated rings. The Hall–Kier alpha value is -2.96. The Morgan fingerprint density at radius 1 is 1.21 bits per heavy atom. The maximum Gasteiger partial charge on any atom is 0.242 e. The summed E-state index contributed by atoms with van der Waals surface area (Å²) in [6.07, 6.45) is 3.27. The number of carbonyl (C=O) groups excluding carboxylic acids is 1. The summed E-state index contributed by atoms with van der Waals surface area (Å²) in [5, 5.41) is 8.31. The van der Waals surface area contributed by atoms with Crippen LogP contribution in [0.4, 0.5) is 5.82 Å². The van der Waals surface area contributed by atoms with Gasteiger partial charge in [0.25, 0.3) is 0 Å². The molecule has 0 aliphatic carbocycles. The Balaban J connectivity index is 1.77. The molecule has 0 unspecified atom stereocenters. The lowest BCUT2D eigenvalue weighted by molar-refractivity contribution is -0.122. The predicted molar refractivity (Wildman–Crippen MR) is 111 cm³/mol. The minimum Gasteiger partial charge on any atom is -0.356 e. The highest BCUT2D eigenvalue weighted by Crippen LogP contribution is 2.22. The lowest BCUT2D eigenvalue weighted by Gasteiger charge is -2.20. The zero-order valence-corrected chi connectivity index (χ0v) is 17.2. The quantitative estimate of drug-likeness (QED) is 0.681. The highest BCUT2D eigenvalue weighted by atomic mass is 16.2. The van der Waals surface area contributed by atoms with Gasteiger partial charge >= 0.3 is 0 Å². The first-order valence-electron chi connectivity index (χ1n) is 9.72. The van der Waals surface area contributed by atoms with E-state index in [-0.39, 0.29) is 18.5 Å². The first-order chi connectivity index (χ1) is 13.4. The van der Waals surface area contributed by atoms with E-state index in [9.17, 15) is 4.79 Å². The zero-order chi connectivity index (χ0) is 20.3. The van der Waals surface area contributed by atoms with E-state index >= 15 is 0 Å². The van der Waals surface area contributed by atoms with Crippen LogP contribution in [-0.2, 0) is 11.3 Å². The van der Waals surface area contributed by atoms with Crippen LogP contribution >= 0.6 is 0 Å². The second kappa shape index (κ2) is 8.37. The van der Waals surface area contributed by atoms with Crippen molar-refractivity contribution < 1.29 is 4.79 Å². The van der Waals surface area contributed by atoms with Crippen LogP contribution in [0.3, 0.4) is 0 Å². The average molecular weight is 380 g/mol. The van der Waals surface area contributed by atoms with Crippen molar-refractivity contribution >= 4 is 22.8 Å². The van der Waals surface area contributed by atoms with Crippen molar-refractivity contribution in [3.8, 4) is 0 Å². The van der Waals surface area contributed by atoms with Crippen molar-refractivity contribution in [3.63, 3.8) is 0 Å². The maximum atomic E-state index is 12.6. The van der Waals surface area contributed by atoms with E-state index in [0.717, 1.165) is 29.9 Å². The summed E-state index contributed by atoms with van der Waals surface area (Å²) in [6, 6.07) is 6.20. The molecule has 1 aromatic carbocycles. The zero-order valence-electron chi connectivity index (χ0n) is 17.2. The Morgan fingerprint density at radius 2 is 1.96 bits per heavy atom. The molecule has 7 nitrogen and oxygen atoms in total. The summed E-state index contributed by atoms with van der Waals surface area (Å²) < 4.78 is 1.63. The van der Waals surface area contributed by atoms with Crippen LogP contribution in [0.2, 0.25) is 0 Å². The normalized spacial score (nSPS) is 12.2. The van der Waals surface area contributed by atoms with Crippen LogP contribution in [0, 0.1) is 13.8 Å². The molecule has 2 heterocycles. The summed E-state index contributed by atoms with van der Waals surface area (Å²) in [6.45, 7) is 12.1. The minimum atomic E-state index is -0.0968. The number of amides is 1. The van der Waals surface area contributed by atoms with Gasteiger partial charge in [-0.1, -0.05) is 23.8 Å². The molecule has 0 bridgehead atoms. The van der Waals surface area contributed by atoms with Gasteiger partial charge in [0.1, 0.15) is 18.7 Å². The van der Waals surface area contributed by atoms with Crippen molar-refractivity contribution in [2.75, 3.05) is 18.0 Å². The van der Waals surface area contributed by atoms with E-state index < -0.39 is 0 Å². The number of benzene rings is 1. The highest BCUT2D eigenvalue weighted by Gasteiger charge is 2.17. The van der Waals surface area contributed by atoms with E-state index in [2.05, 4.69) is 71.2 Å². The van der Waals surface area contributed by atoms with Crippen LogP contribution in [0.25, 0.3) is 11.0 Å². The van der Waals surface area contributed by atoms with Gasteiger partial charge in [0, 0.05) is 13.1 Å². The maximum absolute atomic E-state index is 12.6. The molecule has 0 aliphatic heterocycles. The number of aromatic nitrogens is 4. The van der Waals surface area contributed by atoms with E-state index in [1.807, 2.05) is 6.92 Å². The molecule has 0 saturated heterocycles. The summed E-state index contributed by atoms with van der Waals surface area (Å²) in [5.74, 6) is 0.755. The first-order valence-corrected chi connectivity index (χ1v) is 9.72. The SMILES string of the molecule is CCN(CC)c1ncnc2c1cnn2CC(=O)N[C@@H](C)c1ccc(C)cc1C. The Labute approximate surface area is 165 Å². The third kappa shape index (κ3) is 3.98. The topological polar surface area (TPSA) is 75.9 Å². The molecule has 0 saturated carbocycles. The molecular formula is C21H28N6O. The van der Waals surface area contributed by atoms with Crippen molar-refractivity contribution in [1.82, 2.24) is 25.1 Å². The average Bonchev–Trinajstić information content (AvgIpc) is 3.06. The Bertz CT molecular complexity index is 976. The fraction of sp³-hybridized carbons (Fsp3) is 0.429. The standard InChI is InChI=1S/C21H28N6O/c1-6-26(7-2)20-18-11-24-27(21(18)23-13-22-20)12-19(28)25-16(5)17-9-8-14(3)10-15(17)4/h8-11,13,16H,6-7,12H2,1-5H3,(H,25,28)/t16-/m0/s1. The third-order valence-corrected chi connectivity index (χ3v) is 5.04. The van der Waals surface area contributed by atoms with Gasteiger partial charge in [0.05, 0.1) is 17.6 Å². The van der Waals surface area contributed by atoms with Gasteiger partial charge in [-0.2, -0.15) is 5.10 Å². The molecule has 0 aliphatic rings. The number of hydrogen-bond donors (Lipinski definition) is 1. The lowest BCUT2D eigenvalue weighted by atomic mass is 10.0. The molecule has 1 atom stereocenters. The van der Waals surface area contributed by atoms with Gasteiger partial charge in [-0.15, -0.1) is 0 Å². The van der Waals surface area contributed by atoms with E-state index in [1.165, 1.54) is 17.5 Å². The Kier molecular flexibility index (Phi) is 5.92. The van der Waals surface area contributed by atoms with Crippen molar-refractivity contribution in [2.45, 2.75) is 47.2 Å². The molecule has 28 heavy (non-hydrogen) atoms. The molecule has 3 aromatic rings. The van der Waals surface area contributed by atoms with Gasteiger partial charge in [0.15, 0.2) is 5.65 Å². The number of anilines is 1. The summed E-state index contributed by atoms with van der Waals surface area (Å²) in [5.41, 5.74) is 4.18. The van der Waals surface area contributed by atoms with Gasteiger partial charge in [0.2, 0.25) is 5.91 Å². The molecule has 0 spiro atoms. The van der Waals surface area contributed by atoms with Crippen LogP contribution in [0.5, 0.6) is 0 Å². The van der Waals surface area contributed by atoms with Crippen LogP contribution in [0.15, 0.2) is 30.7 Å². The lowest BCUT2D eigenvalue weighted by Crippen LogP contribution is -2.30. The predicted octanol–water partition coefficient (Wildman–Crippen LogP) is 3.17. The second-order valence-electron chi connectivity index (χ2n) is 7.06. The number of nitrogens with one attached hydrogen (secondary N) is 1. The Morgan fingerprint density at radius 3 is 2.64 bits per heavy atom. The van der Waals surface area contributed by atoms with Crippen LogP contribution < -0.4 is 10.2 Å². The number of hydrogen-bond acceptors (Lipinski definition) is 5. The first kappa shape index (κ1) is 19.8. The van der Waals surface area contributed by atoms with E-state index in [4.69, 9.17) is 0 Å². The molecule has 1 amide bonds. The van der Waals surface area contributed by atoms with Crippen LogP contribution in [-0.4, -0.2) is 38.7 Å². The summed E-state index contributed by atoms with van der Waals surface area (Å²) >= 11 is 0. The molecule has 7 heteroatoms. The second-order valence-corrected chi connectivity index (χ2v) is 7.06. The van der Waals surface area contributed by atoms with Crippen molar-refractivity contribution in [1.29, 1.82) is 0 Å². The number of carbonyl (C=O) groups is 1. The van der Waals surface area contributed by atoms with Gasteiger partial charge in [-0.25, -0.2) is 14.6 Å². The number of aryl methyl sites for hydroxylation is 2. The summed E-state index contributed by atoms with van der Waals surface area (Å²) in [7, 11) is 0. The van der Waals surface area contributed by atoms with Gasteiger partial charge < -0.3 is 10.2 Å². The largest absolute Gasteiger partial charge is 0.356 e. The molecule has 0 radical (unpaired) electrons. The number of nitrogens with zero attached hydrogens (tertiary/aromatic N) is 5. The molecule has 2 aromatic heterocycles. The number of fused-ring (bicyclic) bond motifs is 1. The fourth-order valence-electron chi connectivity index (χ4n) is 3.58. The van der Waals surface area contributed by atoms with Crippen molar-refractivity contribution in [2.24, 2.45) is 0 Å². The fourth-order valence-corrected chi connectivity index (χ4v) is 3.58.